The molecule has 0 aliphatic rings. The summed E-state index contributed by atoms with van der Waals surface area (Å²) in [5.41, 5.74) is 0.895. The van der Waals surface area contributed by atoms with Gasteiger partial charge >= 0.3 is 0 Å². The molecule has 0 atom stereocenters. The van der Waals surface area contributed by atoms with Crippen LogP contribution in [-0.2, 0) is 0 Å². The lowest BCUT2D eigenvalue weighted by Crippen LogP contribution is -2.09. The summed E-state index contributed by atoms with van der Waals surface area (Å²) in [6.45, 7) is 1.00. The van der Waals surface area contributed by atoms with Crippen LogP contribution < -0.4 is 5.32 Å². The first-order valence-electron chi connectivity index (χ1n) is 7.06. The van der Waals surface area contributed by atoms with Crippen LogP contribution in [0, 0.1) is 0 Å². The van der Waals surface area contributed by atoms with Gasteiger partial charge in [-0.25, -0.2) is 9.97 Å². The van der Waals surface area contributed by atoms with E-state index in [0.717, 1.165) is 34.8 Å². The molecule has 2 aromatic heterocycles. The zero-order valence-corrected chi connectivity index (χ0v) is 12.8. The predicted molar refractivity (Wildman–Crippen MR) is 89.6 cm³/mol. The summed E-state index contributed by atoms with van der Waals surface area (Å²) >= 11 is 1.71. The average molecular weight is 315 g/mol. The molecule has 0 radical (unpaired) electrons. The smallest absolute Gasteiger partial charge is 0.237 e. The summed E-state index contributed by atoms with van der Waals surface area (Å²) in [4.78, 5) is 13.2. The highest BCUT2D eigenvalue weighted by atomic mass is 32.2. The average Bonchev–Trinajstić information content (AvgIpc) is 3.09. The molecule has 7 heteroatoms. The van der Waals surface area contributed by atoms with Gasteiger partial charge in [-0.2, -0.15) is 16.7 Å². The number of benzene rings is 1. The second-order valence-electron chi connectivity index (χ2n) is 4.62. The molecule has 1 aromatic carbocycles. The standard InChI is InChI=1S/C15H17N5OS/c21-8-10-22-9-6-17-14-12-3-1-2-4-13(12)18-15(19-14)20-7-5-16-11-20/h1-5,7,11,21H,6,8-10H2,(H,17,18,19). The van der Waals surface area contributed by atoms with Gasteiger partial charge in [0.1, 0.15) is 12.1 Å². The number of nitrogens with zero attached hydrogens (tertiary/aromatic N) is 4. The van der Waals surface area contributed by atoms with E-state index in [-0.39, 0.29) is 6.61 Å². The maximum Gasteiger partial charge on any atom is 0.237 e. The Bertz CT molecular complexity index is 732. The molecule has 0 fully saturated rings. The Morgan fingerprint density at radius 1 is 1.18 bits per heavy atom. The van der Waals surface area contributed by atoms with Crippen molar-refractivity contribution in [1.29, 1.82) is 0 Å². The van der Waals surface area contributed by atoms with Crippen LogP contribution >= 0.6 is 11.8 Å². The Morgan fingerprint density at radius 2 is 2.09 bits per heavy atom. The molecule has 6 nitrogen and oxygen atoms in total. The molecular weight excluding hydrogens is 298 g/mol. The van der Waals surface area contributed by atoms with E-state index in [0.29, 0.717) is 5.95 Å². The van der Waals surface area contributed by atoms with Crippen LogP contribution in [0.2, 0.25) is 0 Å². The van der Waals surface area contributed by atoms with E-state index in [9.17, 15) is 0 Å². The number of aliphatic hydroxyl groups is 1. The van der Waals surface area contributed by atoms with Crippen molar-refractivity contribution >= 4 is 28.5 Å². The van der Waals surface area contributed by atoms with E-state index >= 15 is 0 Å². The zero-order valence-electron chi connectivity index (χ0n) is 12.0. The molecule has 114 valence electrons. The number of hydrogen-bond donors (Lipinski definition) is 2. The molecule has 0 amide bonds. The van der Waals surface area contributed by atoms with E-state index in [4.69, 9.17) is 5.11 Å². The van der Waals surface area contributed by atoms with Gasteiger partial charge in [-0.3, -0.25) is 4.57 Å². The van der Waals surface area contributed by atoms with Crippen molar-refractivity contribution < 1.29 is 5.11 Å². The fraction of sp³-hybridized carbons (Fsp3) is 0.267. The summed E-state index contributed by atoms with van der Waals surface area (Å²) < 4.78 is 1.79. The molecule has 2 N–H and O–H groups in total. The van der Waals surface area contributed by atoms with E-state index in [2.05, 4.69) is 20.3 Å². The minimum atomic E-state index is 0.214. The minimum Gasteiger partial charge on any atom is -0.396 e. The molecule has 0 saturated heterocycles. The summed E-state index contributed by atoms with van der Waals surface area (Å²) in [7, 11) is 0. The first-order valence-corrected chi connectivity index (χ1v) is 8.21. The van der Waals surface area contributed by atoms with Gasteiger partial charge in [0.05, 0.1) is 12.1 Å². The number of aliphatic hydroxyl groups excluding tert-OH is 1. The first-order chi connectivity index (χ1) is 10.9. The molecule has 0 bridgehead atoms. The van der Waals surface area contributed by atoms with Crippen molar-refractivity contribution in [3.8, 4) is 5.95 Å². The van der Waals surface area contributed by atoms with Crippen LogP contribution in [0.1, 0.15) is 0 Å². The van der Waals surface area contributed by atoms with Gasteiger partial charge in [-0.15, -0.1) is 0 Å². The number of thioether (sulfide) groups is 1. The number of para-hydroxylation sites is 1. The quantitative estimate of drug-likeness (QED) is 0.649. The first kappa shape index (κ1) is 14.8. The van der Waals surface area contributed by atoms with Crippen molar-refractivity contribution in [2.45, 2.75) is 0 Å². The van der Waals surface area contributed by atoms with E-state index in [1.165, 1.54) is 0 Å². The van der Waals surface area contributed by atoms with Gasteiger partial charge in [-0.1, -0.05) is 12.1 Å². The van der Waals surface area contributed by atoms with Crippen molar-refractivity contribution in [3.05, 3.63) is 43.0 Å². The summed E-state index contributed by atoms with van der Waals surface area (Å²) in [6, 6.07) is 7.93. The lowest BCUT2D eigenvalue weighted by molar-refractivity contribution is 0.322. The van der Waals surface area contributed by atoms with Crippen molar-refractivity contribution in [1.82, 2.24) is 19.5 Å². The van der Waals surface area contributed by atoms with E-state index in [1.807, 2.05) is 30.5 Å². The number of fused-ring (bicyclic) bond motifs is 1. The molecule has 2 heterocycles. The Hall–Kier alpha value is -2.12. The second kappa shape index (κ2) is 7.24. The number of anilines is 1. The van der Waals surface area contributed by atoms with Crippen molar-refractivity contribution in [2.24, 2.45) is 0 Å². The van der Waals surface area contributed by atoms with Crippen molar-refractivity contribution in [2.75, 3.05) is 30.0 Å². The molecule has 0 aliphatic carbocycles. The number of rotatable bonds is 7. The van der Waals surface area contributed by atoms with Crippen LogP contribution in [0.5, 0.6) is 0 Å². The summed E-state index contributed by atoms with van der Waals surface area (Å²) in [5.74, 6) is 3.09. The number of aromatic nitrogens is 4. The molecule has 0 unspecified atom stereocenters. The molecule has 3 rings (SSSR count). The minimum absolute atomic E-state index is 0.214. The maximum atomic E-state index is 8.80. The Balaban J connectivity index is 1.86. The van der Waals surface area contributed by atoms with Gasteiger partial charge in [0.15, 0.2) is 0 Å². The number of nitrogens with one attached hydrogen (secondary N) is 1. The van der Waals surface area contributed by atoms with Crippen LogP contribution in [0.4, 0.5) is 5.82 Å². The van der Waals surface area contributed by atoms with Gasteiger partial charge < -0.3 is 10.4 Å². The maximum absolute atomic E-state index is 8.80. The highest BCUT2D eigenvalue weighted by Crippen LogP contribution is 2.21. The SMILES string of the molecule is OCCSCCNc1nc(-n2ccnc2)nc2ccccc12. The fourth-order valence-electron chi connectivity index (χ4n) is 2.10. The normalized spacial score (nSPS) is 11.0. The van der Waals surface area contributed by atoms with Crippen LogP contribution in [-0.4, -0.2) is 49.3 Å². The Morgan fingerprint density at radius 3 is 2.91 bits per heavy atom. The topological polar surface area (TPSA) is 75.9 Å². The third-order valence-electron chi connectivity index (χ3n) is 3.10. The van der Waals surface area contributed by atoms with Gasteiger partial charge in [0.25, 0.3) is 0 Å². The van der Waals surface area contributed by atoms with Gasteiger partial charge in [-0.05, 0) is 12.1 Å². The molecule has 3 aromatic rings. The van der Waals surface area contributed by atoms with Crippen LogP contribution in [0.3, 0.4) is 0 Å². The fourth-order valence-corrected chi connectivity index (χ4v) is 2.68. The lowest BCUT2D eigenvalue weighted by atomic mass is 10.2. The molecule has 0 spiro atoms. The Labute approximate surface area is 132 Å². The highest BCUT2D eigenvalue weighted by molar-refractivity contribution is 7.99. The van der Waals surface area contributed by atoms with E-state index < -0.39 is 0 Å². The largest absolute Gasteiger partial charge is 0.396 e. The number of imidazole rings is 1. The van der Waals surface area contributed by atoms with E-state index in [1.54, 1.807) is 28.9 Å². The van der Waals surface area contributed by atoms with Crippen LogP contribution in [0.15, 0.2) is 43.0 Å². The monoisotopic (exact) mass is 315 g/mol. The van der Waals surface area contributed by atoms with Crippen LogP contribution in [0.25, 0.3) is 16.9 Å². The number of hydrogen-bond acceptors (Lipinski definition) is 6. The summed E-state index contributed by atoms with van der Waals surface area (Å²) in [5, 5.41) is 13.2. The second-order valence-corrected chi connectivity index (χ2v) is 5.85. The highest BCUT2D eigenvalue weighted by Gasteiger charge is 2.08. The lowest BCUT2D eigenvalue weighted by Gasteiger charge is -2.10. The molecular formula is C15H17N5OS. The summed E-state index contributed by atoms with van der Waals surface area (Å²) in [6.07, 6.45) is 5.22. The third-order valence-corrected chi connectivity index (χ3v) is 4.07. The molecule has 0 saturated carbocycles. The van der Waals surface area contributed by atoms with Crippen molar-refractivity contribution in [3.63, 3.8) is 0 Å². The zero-order chi connectivity index (χ0) is 15.2. The predicted octanol–water partition coefficient (Wildman–Crippen LogP) is 1.95. The Kier molecular flexibility index (Phi) is 4.87. The third kappa shape index (κ3) is 3.37. The molecule has 0 aliphatic heterocycles. The van der Waals surface area contributed by atoms with Gasteiger partial charge in [0, 0.05) is 35.8 Å². The molecule has 22 heavy (non-hydrogen) atoms. The van der Waals surface area contributed by atoms with Gasteiger partial charge in [0.2, 0.25) is 5.95 Å².